The van der Waals surface area contributed by atoms with Crippen LogP contribution < -0.4 is 4.46 Å². The molecular weight excluding hydrogens is 331 g/mol. The van der Waals surface area contributed by atoms with Gasteiger partial charge in [-0.3, -0.25) is 0 Å². The van der Waals surface area contributed by atoms with Gasteiger partial charge in [0.1, 0.15) is 0 Å². The van der Waals surface area contributed by atoms with Gasteiger partial charge in [-0.2, -0.15) is 0 Å². The van der Waals surface area contributed by atoms with Crippen LogP contribution in [0, 0.1) is 0 Å². The van der Waals surface area contributed by atoms with Crippen LogP contribution in [0.2, 0.25) is 5.32 Å². The van der Waals surface area contributed by atoms with E-state index in [1.54, 1.807) is 0 Å². The van der Waals surface area contributed by atoms with Gasteiger partial charge in [0.15, 0.2) is 0 Å². The second-order valence-corrected chi connectivity index (χ2v) is 7.78. The molecule has 0 aromatic heterocycles. The Kier molecular flexibility index (Phi) is 5.48. The van der Waals surface area contributed by atoms with E-state index in [9.17, 15) is 0 Å². The van der Waals surface area contributed by atoms with Crippen LogP contribution in [0.1, 0.15) is 23.5 Å². The van der Waals surface area contributed by atoms with Gasteiger partial charge >= 0.3 is 139 Å². The number of benzene rings is 3. The molecule has 0 nitrogen and oxygen atoms in total. The van der Waals surface area contributed by atoms with Crippen molar-refractivity contribution in [1.29, 1.82) is 0 Å². The molecule has 3 rings (SSSR count). The molecule has 3 aromatic carbocycles. The van der Waals surface area contributed by atoms with Gasteiger partial charge in [0.2, 0.25) is 0 Å². The van der Waals surface area contributed by atoms with E-state index in [4.69, 9.17) is 0 Å². The monoisotopic (exact) mass is 352 g/mol. The fourth-order valence-electron chi connectivity index (χ4n) is 2.71. The van der Waals surface area contributed by atoms with Crippen LogP contribution in [0.4, 0.5) is 0 Å². The van der Waals surface area contributed by atoms with E-state index < -0.39 is 0 Å². The van der Waals surface area contributed by atoms with E-state index in [0.717, 1.165) is 0 Å². The van der Waals surface area contributed by atoms with E-state index in [-0.39, 0.29) is 0 Å². The molecule has 0 aliphatic heterocycles. The molecule has 22 heavy (non-hydrogen) atoms. The third kappa shape index (κ3) is 4.10. The standard InChI is InChI=1S/C21H20Se/c1-4-10-18(11-5-1)21(19-12-6-2-7-13-19)16-17-22-20-14-8-3-9-15-20/h1-15,21H,16-17H2. The van der Waals surface area contributed by atoms with Crippen molar-refractivity contribution in [3.63, 3.8) is 0 Å². The molecule has 0 aliphatic carbocycles. The molecule has 0 saturated heterocycles. The minimum atomic E-state index is 0.507. The summed E-state index contributed by atoms with van der Waals surface area (Å²) in [5.41, 5.74) is 2.86. The molecule has 0 fully saturated rings. The van der Waals surface area contributed by atoms with Crippen molar-refractivity contribution in [2.24, 2.45) is 0 Å². The van der Waals surface area contributed by atoms with E-state index >= 15 is 0 Å². The summed E-state index contributed by atoms with van der Waals surface area (Å²) in [7, 11) is 0. The fourth-order valence-corrected chi connectivity index (χ4v) is 4.68. The topological polar surface area (TPSA) is 0 Å². The summed E-state index contributed by atoms with van der Waals surface area (Å²) in [6.07, 6.45) is 1.21. The second kappa shape index (κ2) is 7.98. The van der Waals surface area contributed by atoms with E-state index in [2.05, 4.69) is 91.0 Å². The summed E-state index contributed by atoms with van der Waals surface area (Å²) in [6, 6.07) is 32.7. The van der Waals surface area contributed by atoms with Gasteiger partial charge in [0, 0.05) is 0 Å². The molecule has 0 heterocycles. The molecule has 0 spiro atoms. The molecule has 0 aliphatic rings. The van der Waals surface area contributed by atoms with Crippen molar-refractivity contribution in [3.05, 3.63) is 102 Å². The van der Waals surface area contributed by atoms with Gasteiger partial charge in [-0.25, -0.2) is 0 Å². The molecular formula is C21H20Se. The predicted octanol–water partition coefficient (Wildman–Crippen LogP) is 4.66. The maximum atomic E-state index is 2.26. The maximum absolute atomic E-state index is 2.26. The Labute approximate surface area is 139 Å². The molecule has 0 unspecified atom stereocenters. The zero-order chi connectivity index (χ0) is 15.0. The van der Waals surface area contributed by atoms with Gasteiger partial charge in [-0.05, 0) is 0 Å². The van der Waals surface area contributed by atoms with Crippen molar-refractivity contribution >= 4 is 19.4 Å². The molecule has 0 bridgehead atoms. The fraction of sp³-hybridized carbons (Fsp3) is 0.143. The van der Waals surface area contributed by atoms with Crippen LogP contribution in [-0.2, 0) is 0 Å². The van der Waals surface area contributed by atoms with Crippen molar-refractivity contribution < 1.29 is 0 Å². The van der Waals surface area contributed by atoms with Crippen LogP contribution in [0.3, 0.4) is 0 Å². The Balaban J connectivity index is 1.72. The van der Waals surface area contributed by atoms with Gasteiger partial charge in [-0.1, -0.05) is 0 Å². The van der Waals surface area contributed by atoms with Crippen LogP contribution in [0.25, 0.3) is 0 Å². The first-order valence-corrected chi connectivity index (χ1v) is 9.78. The quantitative estimate of drug-likeness (QED) is 0.567. The SMILES string of the molecule is c1ccc([Se]CCC(c2ccccc2)c2ccccc2)cc1. The Bertz CT molecular complexity index is 623. The summed E-state index contributed by atoms with van der Waals surface area (Å²) >= 11 is 0.559. The number of hydrogen-bond acceptors (Lipinski definition) is 0. The molecule has 0 saturated carbocycles. The van der Waals surface area contributed by atoms with Crippen molar-refractivity contribution in [3.8, 4) is 0 Å². The van der Waals surface area contributed by atoms with Crippen molar-refractivity contribution in [2.45, 2.75) is 17.7 Å². The first-order valence-electron chi connectivity index (χ1n) is 7.71. The molecule has 0 amide bonds. The third-order valence-electron chi connectivity index (χ3n) is 3.82. The average molecular weight is 351 g/mol. The Morgan fingerprint density at radius 2 is 1.05 bits per heavy atom. The normalized spacial score (nSPS) is 10.8. The van der Waals surface area contributed by atoms with Crippen LogP contribution in [-0.4, -0.2) is 15.0 Å². The summed E-state index contributed by atoms with van der Waals surface area (Å²) in [6.45, 7) is 0. The van der Waals surface area contributed by atoms with E-state index in [1.807, 2.05) is 0 Å². The second-order valence-electron chi connectivity index (χ2n) is 5.32. The first-order chi connectivity index (χ1) is 10.9. The predicted molar refractivity (Wildman–Crippen MR) is 96.0 cm³/mol. The van der Waals surface area contributed by atoms with Gasteiger partial charge in [-0.15, -0.1) is 0 Å². The molecule has 1 heteroatoms. The van der Waals surface area contributed by atoms with E-state index in [1.165, 1.54) is 27.3 Å². The molecule has 3 aromatic rings. The van der Waals surface area contributed by atoms with E-state index in [0.29, 0.717) is 20.9 Å². The number of rotatable bonds is 6. The van der Waals surface area contributed by atoms with Crippen LogP contribution in [0.15, 0.2) is 91.0 Å². The van der Waals surface area contributed by atoms with Crippen LogP contribution in [0.5, 0.6) is 0 Å². The zero-order valence-corrected chi connectivity index (χ0v) is 14.3. The zero-order valence-electron chi connectivity index (χ0n) is 12.6. The molecule has 0 radical (unpaired) electrons. The van der Waals surface area contributed by atoms with Gasteiger partial charge in [0.25, 0.3) is 0 Å². The Morgan fingerprint density at radius 1 is 0.591 bits per heavy atom. The Hall–Kier alpha value is -1.82. The summed E-state index contributed by atoms with van der Waals surface area (Å²) in [5.74, 6) is 0.507. The third-order valence-corrected chi connectivity index (χ3v) is 6.02. The minimum absolute atomic E-state index is 0.507. The molecule has 110 valence electrons. The summed E-state index contributed by atoms with van der Waals surface area (Å²) in [4.78, 5) is 0. The molecule has 0 N–H and O–H groups in total. The first kappa shape index (κ1) is 15.1. The van der Waals surface area contributed by atoms with Crippen molar-refractivity contribution in [2.75, 3.05) is 0 Å². The average Bonchev–Trinajstić information content (AvgIpc) is 2.61. The van der Waals surface area contributed by atoms with Crippen molar-refractivity contribution in [1.82, 2.24) is 0 Å². The Morgan fingerprint density at radius 3 is 1.55 bits per heavy atom. The summed E-state index contributed by atoms with van der Waals surface area (Å²) < 4.78 is 1.50. The van der Waals surface area contributed by atoms with Gasteiger partial charge < -0.3 is 0 Å². The molecule has 0 atom stereocenters. The van der Waals surface area contributed by atoms with Gasteiger partial charge in [0.05, 0.1) is 0 Å². The number of hydrogen-bond donors (Lipinski definition) is 0. The van der Waals surface area contributed by atoms with Crippen LogP contribution >= 0.6 is 0 Å². The summed E-state index contributed by atoms with van der Waals surface area (Å²) in [5, 5.41) is 1.27.